The molecule has 0 saturated carbocycles. The first-order valence-electron chi connectivity index (χ1n) is 9.58. The highest BCUT2D eigenvalue weighted by molar-refractivity contribution is 7.99. The van der Waals surface area contributed by atoms with Gasteiger partial charge in [-0.2, -0.15) is 0 Å². The van der Waals surface area contributed by atoms with E-state index in [4.69, 9.17) is 9.72 Å². The minimum atomic E-state index is -1.07. The molecule has 2 atom stereocenters. The van der Waals surface area contributed by atoms with Crippen molar-refractivity contribution >= 4 is 34.2 Å². The number of rotatable bonds is 5. The number of methoxy groups -OCH3 is 1. The van der Waals surface area contributed by atoms with Gasteiger partial charge in [0.25, 0.3) is 0 Å². The standard InChI is InChI=1S/C22H25N3O3S/c1-14-7-8-17-16(11-14)18(23-9-10-28-2)12-20(24-17)25-13-15-5-3-4-6-19(15)29-22(27)21(25)26/h3-8,11-12,21-22,26-27H,9-10,13H2,1-2H3,(H,23,24). The predicted molar refractivity (Wildman–Crippen MR) is 117 cm³/mol. The summed E-state index contributed by atoms with van der Waals surface area (Å²) in [4.78, 5) is 7.53. The molecule has 3 aromatic rings. The Morgan fingerprint density at radius 3 is 2.86 bits per heavy atom. The summed E-state index contributed by atoms with van der Waals surface area (Å²) in [5, 5.41) is 25.8. The van der Waals surface area contributed by atoms with Gasteiger partial charge >= 0.3 is 0 Å². The Kier molecular flexibility index (Phi) is 5.91. The van der Waals surface area contributed by atoms with Crippen LogP contribution in [-0.4, -0.2) is 47.1 Å². The highest BCUT2D eigenvalue weighted by atomic mass is 32.2. The van der Waals surface area contributed by atoms with Gasteiger partial charge in [0.1, 0.15) is 11.3 Å². The number of aromatic nitrogens is 1. The van der Waals surface area contributed by atoms with Crippen LogP contribution < -0.4 is 10.2 Å². The maximum absolute atomic E-state index is 10.8. The van der Waals surface area contributed by atoms with Gasteiger partial charge in [0, 0.05) is 42.2 Å². The molecule has 152 valence electrons. The zero-order valence-corrected chi connectivity index (χ0v) is 17.3. The number of anilines is 2. The molecule has 2 aromatic carbocycles. The van der Waals surface area contributed by atoms with E-state index in [1.54, 1.807) is 12.0 Å². The highest BCUT2D eigenvalue weighted by Gasteiger charge is 2.31. The van der Waals surface area contributed by atoms with Crippen molar-refractivity contribution in [2.45, 2.75) is 30.0 Å². The fourth-order valence-electron chi connectivity index (χ4n) is 3.49. The molecule has 29 heavy (non-hydrogen) atoms. The Hall–Kier alpha value is -2.32. The van der Waals surface area contributed by atoms with Crippen molar-refractivity contribution in [1.82, 2.24) is 4.98 Å². The topological polar surface area (TPSA) is 77.9 Å². The lowest BCUT2D eigenvalue weighted by Crippen LogP contribution is -2.41. The van der Waals surface area contributed by atoms with Crippen LogP contribution >= 0.6 is 11.8 Å². The molecule has 1 aliphatic heterocycles. The highest BCUT2D eigenvalue weighted by Crippen LogP contribution is 2.36. The molecule has 2 heterocycles. The number of aliphatic hydroxyl groups is 2. The number of hydrogen-bond donors (Lipinski definition) is 3. The van der Waals surface area contributed by atoms with Gasteiger partial charge in [0.2, 0.25) is 0 Å². The van der Waals surface area contributed by atoms with Gasteiger partial charge in [-0.1, -0.05) is 41.6 Å². The van der Waals surface area contributed by atoms with Crippen LogP contribution in [-0.2, 0) is 11.3 Å². The minimum Gasteiger partial charge on any atom is -0.383 e. The lowest BCUT2D eigenvalue weighted by atomic mass is 10.1. The third kappa shape index (κ3) is 4.18. The largest absolute Gasteiger partial charge is 0.383 e. The lowest BCUT2D eigenvalue weighted by Gasteiger charge is -2.30. The average molecular weight is 412 g/mol. The van der Waals surface area contributed by atoms with E-state index >= 15 is 0 Å². The molecule has 2 unspecified atom stereocenters. The van der Waals surface area contributed by atoms with E-state index in [0.29, 0.717) is 25.5 Å². The first-order valence-corrected chi connectivity index (χ1v) is 10.5. The third-order valence-corrected chi connectivity index (χ3v) is 6.14. The first kappa shape index (κ1) is 20.0. The van der Waals surface area contributed by atoms with Gasteiger partial charge in [-0.25, -0.2) is 4.98 Å². The third-order valence-electron chi connectivity index (χ3n) is 5.00. The van der Waals surface area contributed by atoms with Crippen molar-refractivity contribution in [3.63, 3.8) is 0 Å². The number of benzene rings is 2. The summed E-state index contributed by atoms with van der Waals surface area (Å²) in [6, 6.07) is 15.9. The maximum Gasteiger partial charge on any atom is 0.164 e. The summed E-state index contributed by atoms with van der Waals surface area (Å²) in [6.07, 6.45) is -1.07. The summed E-state index contributed by atoms with van der Waals surface area (Å²) < 4.78 is 5.17. The average Bonchev–Trinajstić information content (AvgIpc) is 2.84. The molecule has 7 heteroatoms. The molecule has 1 aliphatic rings. The van der Waals surface area contributed by atoms with Crippen molar-refractivity contribution in [3.05, 3.63) is 59.7 Å². The van der Waals surface area contributed by atoms with Crippen molar-refractivity contribution in [3.8, 4) is 0 Å². The zero-order valence-electron chi connectivity index (χ0n) is 16.5. The number of thioether (sulfide) groups is 1. The zero-order chi connectivity index (χ0) is 20.4. The molecule has 0 amide bonds. The molecule has 0 spiro atoms. The Labute approximate surface area is 174 Å². The van der Waals surface area contributed by atoms with E-state index in [1.807, 2.05) is 42.5 Å². The van der Waals surface area contributed by atoms with Crippen LogP contribution in [0.5, 0.6) is 0 Å². The van der Waals surface area contributed by atoms with Gasteiger partial charge in [-0.3, -0.25) is 0 Å². The number of aryl methyl sites for hydroxylation is 1. The normalized spacial score (nSPS) is 19.1. The molecule has 3 N–H and O–H groups in total. The summed E-state index contributed by atoms with van der Waals surface area (Å²) >= 11 is 1.27. The predicted octanol–water partition coefficient (Wildman–Crippen LogP) is 3.35. The van der Waals surface area contributed by atoms with Crippen LogP contribution in [0.2, 0.25) is 0 Å². The van der Waals surface area contributed by atoms with Gasteiger partial charge < -0.3 is 25.2 Å². The summed E-state index contributed by atoms with van der Waals surface area (Å²) in [6.45, 7) is 3.76. The first-order chi connectivity index (χ1) is 14.1. The van der Waals surface area contributed by atoms with Crippen LogP contribution in [0.1, 0.15) is 11.1 Å². The number of nitrogens with zero attached hydrogens (tertiary/aromatic N) is 2. The van der Waals surface area contributed by atoms with E-state index in [-0.39, 0.29) is 0 Å². The SMILES string of the molecule is COCCNc1cc(N2Cc3ccccc3SC(O)C2O)nc2ccc(C)cc12. The second kappa shape index (κ2) is 8.59. The van der Waals surface area contributed by atoms with E-state index < -0.39 is 11.7 Å². The monoisotopic (exact) mass is 411 g/mol. The number of pyridine rings is 1. The molecule has 4 rings (SSSR count). The Balaban J connectivity index is 1.78. The van der Waals surface area contributed by atoms with Crippen molar-refractivity contribution in [1.29, 1.82) is 0 Å². The van der Waals surface area contributed by atoms with Crippen LogP contribution in [0.15, 0.2) is 53.4 Å². The fraction of sp³-hybridized carbons (Fsp3) is 0.318. The number of nitrogens with one attached hydrogen (secondary N) is 1. The van der Waals surface area contributed by atoms with Gasteiger partial charge in [0.15, 0.2) is 6.23 Å². The van der Waals surface area contributed by atoms with Crippen LogP contribution in [0.3, 0.4) is 0 Å². The fourth-order valence-corrected chi connectivity index (χ4v) is 4.46. The molecule has 0 radical (unpaired) electrons. The number of aliphatic hydroxyl groups excluding tert-OH is 2. The number of hydrogen-bond acceptors (Lipinski definition) is 7. The van der Waals surface area contributed by atoms with Crippen LogP contribution in [0.4, 0.5) is 11.5 Å². The molecule has 1 aromatic heterocycles. The molecule has 6 nitrogen and oxygen atoms in total. The van der Waals surface area contributed by atoms with E-state index in [1.165, 1.54) is 11.8 Å². The van der Waals surface area contributed by atoms with Crippen molar-refractivity contribution in [2.24, 2.45) is 0 Å². The Morgan fingerprint density at radius 2 is 2.03 bits per heavy atom. The smallest absolute Gasteiger partial charge is 0.164 e. The van der Waals surface area contributed by atoms with Crippen LogP contribution in [0.25, 0.3) is 10.9 Å². The summed E-state index contributed by atoms with van der Waals surface area (Å²) in [7, 11) is 1.67. The van der Waals surface area contributed by atoms with Crippen molar-refractivity contribution in [2.75, 3.05) is 30.5 Å². The van der Waals surface area contributed by atoms with E-state index in [9.17, 15) is 10.2 Å². The quantitative estimate of drug-likeness (QED) is 0.556. The summed E-state index contributed by atoms with van der Waals surface area (Å²) in [5.41, 5.74) is 2.99. The number of fused-ring (bicyclic) bond motifs is 2. The molecule has 0 aliphatic carbocycles. The second-order valence-electron chi connectivity index (χ2n) is 7.13. The lowest BCUT2D eigenvalue weighted by molar-refractivity contribution is 0.0699. The maximum atomic E-state index is 10.8. The van der Waals surface area contributed by atoms with E-state index in [2.05, 4.69) is 18.3 Å². The van der Waals surface area contributed by atoms with Crippen LogP contribution in [0, 0.1) is 6.92 Å². The molecular formula is C22H25N3O3S. The minimum absolute atomic E-state index is 0.462. The number of ether oxygens (including phenoxy) is 1. The second-order valence-corrected chi connectivity index (χ2v) is 8.28. The van der Waals surface area contributed by atoms with Crippen molar-refractivity contribution < 1.29 is 14.9 Å². The molecule has 0 bridgehead atoms. The Bertz CT molecular complexity index is 1010. The molecule has 0 fully saturated rings. The Morgan fingerprint density at radius 1 is 1.21 bits per heavy atom. The van der Waals surface area contributed by atoms with Gasteiger partial charge in [0.05, 0.1) is 12.1 Å². The summed E-state index contributed by atoms with van der Waals surface area (Å²) in [5.74, 6) is 0.616. The molecule has 0 saturated heterocycles. The van der Waals surface area contributed by atoms with E-state index in [0.717, 1.165) is 32.6 Å². The molecular weight excluding hydrogens is 386 g/mol. The van der Waals surface area contributed by atoms with Gasteiger partial charge in [-0.05, 0) is 30.7 Å². The van der Waals surface area contributed by atoms with Gasteiger partial charge in [-0.15, -0.1) is 0 Å².